The molecule has 0 bridgehead atoms. The fraction of sp³-hybridized carbons (Fsp3) is 0.100. The summed E-state index contributed by atoms with van der Waals surface area (Å²) >= 11 is 12.7. The van der Waals surface area contributed by atoms with Gasteiger partial charge >= 0.3 is 0 Å². The first-order chi connectivity index (χ1) is 12.6. The summed E-state index contributed by atoms with van der Waals surface area (Å²) in [5.74, 6) is 0.529. The Bertz CT molecular complexity index is 881. The molecule has 1 fully saturated rings. The Morgan fingerprint density at radius 2 is 2.00 bits per heavy atom. The Hall–Kier alpha value is -2.08. The zero-order chi connectivity index (χ0) is 18.5. The lowest BCUT2D eigenvalue weighted by Gasteiger charge is -2.11. The maximum Gasteiger partial charge on any atom is 0.266 e. The van der Waals surface area contributed by atoms with Gasteiger partial charge in [-0.25, -0.2) is 0 Å². The highest BCUT2D eigenvalue weighted by Crippen LogP contribution is 2.35. The maximum absolute atomic E-state index is 12.5. The van der Waals surface area contributed by atoms with Gasteiger partial charge in [0.25, 0.3) is 5.91 Å². The van der Waals surface area contributed by atoms with Gasteiger partial charge in [0.05, 0.1) is 4.91 Å². The monoisotopic (exact) mass is 401 g/mol. The lowest BCUT2D eigenvalue weighted by molar-refractivity contribution is -0.121. The first-order valence-electron chi connectivity index (χ1n) is 7.91. The zero-order valence-electron chi connectivity index (χ0n) is 13.9. The van der Waals surface area contributed by atoms with E-state index in [1.165, 1.54) is 16.7 Å². The molecule has 0 atom stereocenters. The van der Waals surface area contributed by atoms with E-state index in [1.54, 1.807) is 24.3 Å². The number of thiocarbonyl (C=S) groups is 1. The first kappa shape index (κ1) is 18.7. The summed E-state index contributed by atoms with van der Waals surface area (Å²) in [5.41, 5.74) is 1.80. The van der Waals surface area contributed by atoms with E-state index >= 15 is 0 Å². The highest BCUT2D eigenvalue weighted by atomic mass is 35.5. The molecule has 0 spiro atoms. The lowest BCUT2D eigenvalue weighted by Crippen LogP contribution is -2.27. The number of nitrogens with zero attached hydrogens (tertiary/aromatic N) is 1. The van der Waals surface area contributed by atoms with Gasteiger partial charge in [0.15, 0.2) is 0 Å². The van der Waals surface area contributed by atoms with Gasteiger partial charge in [-0.15, -0.1) is 6.58 Å². The number of ether oxygens (including phenoxy) is 1. The number of hydrogen-bond acceptors (Lipinski definition) is 4. The molecule has 0 aliphatic carbocycles. The third-order valence-electron chi connectivity index (χ3n) is 3.68. The summed E-state index contributed by atoms with van der Waals surface area (Å²) in [6.45, 7) is 4.49. The van der Waals surface area contributed by atoms with Crippen LogP contribution in [-0.4, -0.2) is 21.7 Å². The number of benzene rings is 2. The molecule has 1 aliphatic heterocycles. The van der Waals surface area contributed by atoms with Gasteiger partial charge in [-0.3, -0.25) is 9.69 Å². The Labute approximate surface area is 167 Å². The van der Waals surface area contributed by atoms with Gasteiger partial charge in [0, 0.05) is 17.1 Å². The van der Waals surface area contributed by atoms with Gasteiger partial charge < -0.3 is 4.74 Å². The molecule has 1 saturated heterocycles. The molecule has 6 heteroatoms. The van der Waals surface area contributed by atoms with Gasteiger partial charge in [-0.2, -0.15) is 0 Å². The number of carbonyl (C=O) groups is 1. The Balaban J connectivity index is 1.85. The Kier molecular flexibility index (Phi) is 6.14. The summed E-state index contributed by atoms with van der Waals surface area (Å²) in [6.07, 6.45) is 3.43. The minimum absolute atomic E-state index is 0.131. The summed E-state index contributed by atoms with van der Waals surface area (Å²) in [4.78, 5) is 14.6. The average Bonchev–Trinajstić information content (AvgIpc) is 2.90. The molecule has 3 rings (SSSR count). The number of carbonyl (C=O) groups excluding carboxylic acids is 1. The van der Waals surface area contributed by atoms with Crippen LogP contribution in [0.5, 0.6) is 5.75 Å². The third kappa shape index (κ3) is 4.36. The lowest BCUT2D eigenvalue weighted by atomic mass is 10.1. The van der Waals surface area contributed by atoms with Crippen LogP contribution in [0.1, 0.15) is 11.1 Å². The van der Waals surface area contributed by atoms with E-state index in [-0.39, 0.29) is 5.91 Å². The molecular formula is C20H16ClNO2S2. The standard InChI is InChI=1S/C20H16ClNO2S2/c1-2-10-22-19(23)18(26-20(22)25)12-15-11-16(21)8-9-17(15)24-13-14-6-4-3-5-7-14/h2-9,11-12H,1,10,13H2/b18-12-. The maximum atomic E-state index is 12.5. The van der Waals surface area contributed by atoms with Crippen LogP contribution in [0.4, 0.5) is 0 Å². The number of hydrogen-bond donors (Lipinski definition) is 0. The van der Waals surface area contributed by atoms with Crippen LogP contribution in [0.15, 0.2) is 66.1 Å². The van der Waals surface area contributed by atoms with Crippen molar-refractivity contribution in [2.45, 2.75) is 6.61 Å². The van der Waals surface area contributed by atoms with Gasteiger partial charge in [-0.05, 0) is 29.8 Å². The first-order valence-corrected chi connectivity index (χ1v) is 9.51. The predicted molar refractivity (Wildman–Crippen MR) is 112 cm³/mol. The van der Waals surface area contributed by atoms with E-state index in [1.807, 2.05) is 36.4 Å². The fourth-order valence-electron chi connectivity index (χ4n) is 2.43. The molecular weight excluding hydrogens is 386 g/mol. The van der Waals surface area contributed by atoms with E-state index in [4.69, 9.17) is 28.6 Å². The highest BCUT2D eigenvalue weighted by molar-refractivity contribution is 8.26. The summed E-state index contributed by atoms with van der Waals surface area (Å²) in [5, 5.41) is 0.574. The largest absolute Gasteiger partial charge is 0.488 e. The van der Waals surface area contributed by atoms with Crippen molar-refractivity contribution >= 4 is 51.9 Å². The minimum Gasteiger partial charge on any atom is -0.488 e. The topological polar surface area (TPSA) is 29.5 Å². The average molecular weight is 402 g/mol. The third-order valence-corrected chi connectivity index (χ3v) is 5.29. The zero-order valence-corrected chi connectivity index (χ0v) is 16.2. The van der Waals surface area contributed by atoms with Crippen LogP contribution in [0, 0.1) is 0 Å². The molecule has 132 valence electrons. The summed E-state index contributed by atoms with van der Waals surface area (Å²) < 4.78 is 6.46. The van der Waals surface area contributed by atoms with Crippen molar-refractivity contribution in [3.8, 4) is 5.75 Å². The van der Waals surface area contributed by atoms with Gasteiger partial charge in [-0.1, -0.05) is 72.0 Å². The molecule has 0 saturated carbocycles. The molecule has 0 radical (unpaired) electrons. The van der Waals surface area contributed by atoms with Crippen molar-refractivity contribution < 1.29 is 9.53 Å². The molecule has 2 aromatic rings. The normalized spacial score (nSPS) is 15.6. The fourth-order valence-corrected chi connectivity index (χ4v) is 3.87. The molecule has 3 nitrogen and oxygen atoms in total. The molecule has 1 heterocycles. The second-order valence-corrected chi connectivity index (χ2v) is 7.65. The molecule has 26 heavy (non-hydrogen) atoms. The predicted octanol–water partition coefficient (Wildman–Crippen LogP) is 5.31. The van der Waals surface area contributed by atoms with Crippen molar-refractivity contribution in [3.63, 3.8) is 0 Å². The molecule has 0 N–H and O–H groups in total. The summed E-state index contributed by atoms with van der Waals surface area (Å²) in [6, 6.07) is 15.2. The van der Waals surface area contributed by atoms with E-state index in [0.29, 0.717) is 33.1 Å². The van der Waals surface area contributed by atoms with E-state index in [2.05, 4.69) is 6.58 Å². The van der Waals surface area contributed by atoms with Crippen molar-refractivity contribution in [2.75, 3.05) is 6.54 Å². The molecule has 1 aliphatic rings. The summed E-state index contributed by atoms with van der Waals surface area (Å²) in [7, 11) is 0. The van der Waals surface area contributed by atoms with E-state index in [0.717, 1.165) is 11.1 Å². The Morgan fingerprint density at radius 3 is 2.73 bits per heavy atom. The van der Waals surface area contributed by atoms with Crippen LogP contribution in [0.3, 0.4) is 0 Å². The van der Waals surface area contributed by atoms with Crippen molar-refractivity contribution in [3.05, 3.63) is 82.2 Å². The van der Waals surface area contributed by atoms with Gasteiger partial charge in [0.2, 0.25) is 0 Å². The van der Waals surface area contributed by atoms with Crippen LogP contribution in [0.25, 0.3) is 6.08 Å². The highest BCUT2D eigenvalue weighted by Gasteiger charge is 2.31. The van der Waals surface area contributed by atoms with Crippen LogP contribution >= 0.6 is 35.6 Å². The van der Waals surface area contributed by atoms with E-state index in [9.17, 15) is 4.79 Å². The van der Waals surface area contributed by atoms with Crippen LogP contribution < -0.4 is 4.74 Å². The van der Waals surface area contributed by atoms with Crippen molar-refractivity contribution in [2.24, 2.45) is 0 Å². The second kappa shape index (κ2) is 8.54. The second-order valence-electron chi connectivity index (χ2n) is 5.54. The number of amides is 1. The molecule has 2 aromatic carbocycles. The SMILES string of the molecule is C=CCN1C(=O)/C(=C/c2cc(Cl)ccc2OCc2ccccc2)SC1=S. The number of rotatable bonds is 6. The number of halogens is 1. The van der Waals surface area contributed by atoms with Crippen molar-refractivity contribution in [1.82, 2.24) is 4.90 Å². The molecule has 0 unspecified atom stereocenters. The van der Waals surface area contributed by atoms with Crippen LogP contribution in [0.2, 0.25) is 5.02 Å². The van der Waals surface area contributed by atoms with Gasteiger partial charge in [0.1, 0.15) is 16.7 Å². The van der Waals surface area contributed by atoms with Crippen molar-refractivity contribution in [1.29, 1.82) is 0 Å². The van der Waals surface area contributed by atoms with Crippen LogP contribution in [-0.2, 0) is 11.4 Å². The smallest absolute Gasteiger partial charge is 0.266 e. The number of thioether (sulfide) groups is 1. The minimum atomic E-state index is -0.131. The van der Waals surface area contributed by atoms with E-state index < -0.39 is 0 Å². The Morgan fingerprint density at radius 1 is 1.23 bits per heavy atom. The quantitative estimate of drug-likeness (QED) is 0.373. The molecule has 0 aromatic heterocycles. The molecule has 1 amide bonds.